The second kappa shape index (κ2) is 10.1. The second-order valence-electron chi connectivity index (χ2n) is 6.36. The third-order valence-electron chi connectivity index (χ3n) is 4.03. The lowest BCUT2D eigenvalue weighted by Gasteiger charge is -2.12. The molecule has 0 aliphatic heterocycles. The van der Waals surface area contributed by atoms with Crippen molar-refractivity contribution in [2.45, 2.75) is 20.0 Å². The average Bonchev–Trinajstić information content (AvgIpc) is 3.13. The van der Waals surface area contributed by atoms with Gasteiger partial charge < -0.3 is 24.6 Å². The van der Waals surface area contributed by atoms with Gasteiger partial charge >= 0.3 is 0 Å². The van der Waals surface area contributed by atoms with Gasteiger partial charge in [0.05, 0.1) is 12.8 Å². The molecule has 7 nitrogen and oxygen atoms in total. The van der Waals surface area contributed by atoms with Crippen LogP contribution in [0.2, 0.25) is 0 Å². The van der Waals surface area contributed by atoms with E-state index in [9.17, 15) is 4.79 Å². The largest absolute Gasteiger partial charge is 0.493 e. The molecule has 0 bridgehead atoms. The van der Waals surface area contributed by atoms with Gasteiger partial charge in [0.2, 0.25) is 0 Å². The predicted octanol–water partition coefficient (Wildman–Crippen LogP) is 4.06. The first-order chi connectivity index (χ1) is 14.0. The van der Waals surface area contributed by atoms with E-state index in [1.807, 2.05) is 49.4 Å². The van der Waals surface area contributed by atoms with E-state index < -0.39 is 0 Å². The Morgan fingerprint density at radius 2 is 1.90 bits per heavy atom. The van der Waals surface area contributed by atoms with Crippen LogP contribution in [-0.2, 0) is 17.9 Å². The summed E-state index contributed by atoms with van der Waals surface area (Å²) < 4.78 is 17.0. The first-order valence-corrected chi connectivity index (χ1v) is 9.81. The monoisotopic (exact) mass is 459 g/mol. The lowest BCUT2D eigenvalue weighted by Crippen LogP contribution is -2.20. The topological polar surface area (TPSA) is 85.6 Å². The molecule has 0 aliphatic carbocycles. The summed E-state index contributed by atoms with van der Waals surface area (Å²) in [5, 5.41) is 10.0. The maximum atomic E-state index is 12.1. The summed E-state index contributed by atoms with van der Waals surface area (Å²) in [4.78, 5) is 12.1. The third kappa shape index (κ3) is 6.33. The number of rotatable bonds is 9. The highest BCUT2D eigenvalue weighted by Crippen LogP contribution is 2.28. The Bertz CT molecular complexity index is 957. The molecule has 0 spiro atoms. The highest BCUT2D eigenvalue weighted by Gasteiger charge is 2.09. The standard InChI is InChI=1S/C21H22BrN3O4/c1-14-9-18(25-29-14)12-23-11-15-3-8-19(20(10-15)27-2)28-13-21(26)24-17-6-4-16(22)5-7-17/h3-10,23H,11-13H2,1-2H3,(H,24,26). The molecule has 2 N–H and O–H groups in total. The highest BCUT2D eigenvalue weighted by molar-refractivity contribution is 9.10. The molecular weight excluding hydrogens is 438 g/mol. The van der Waals surface area contributed by atoms with E-state index in [1.165, 1.54) is 0 Å². The minimum absolute atomic E-state index is 0.116. The Hall–Kier alpha value is -2.84. The second-order valence-corrected chi connectivity index (χ2v) is 7.28. The van der Waals surface area contributed by atoms with Gasteiger partial charge in [-0.05, 0) is 48.9 Å². The van der Waals surface area contributed by atoms with E-state index in [4.69, 9.17) is 14.0 Å². The van der Waals surface area contributed by atoms with E-state index in [0.717, 1.165) is 21.5 Å². The molecule has 1 aromatic heterocycles. The van der Waals surface area contributed by atoms with Crippen LogP contribution in [0.25, 0.3) is 0 Å². The number of amides is 1. The van der Waals surface area contributed by atoms with Crippen LogP contribution in [0.4, 0.5) is 5.69 Å². The maximum Gasteiger partial charge on any atom is 0.262 e. The maximum absolute atomic E-state index is 12.1. The van der Waals surface area contributed by atoms with Crippen LogP contribution in [-0.4, -0.2) is 24.8 Å². The average molecular weight is 460 g/mol. The van der Waals surface area contributed by atoms with Gasteiger partial charge in [-0.2, -0.15) is 0 Å². The van der Waals surface area contributed by atoms with Gasteiger partial charge in [0.15, 0.2) is 18.1 Å². The lowest BCUT2D eigenvalue weighted by atomic mass is 10.2. The van der Waals surface area contributed by atoms with Crippen LogP contribution in [0.15, 0.2) is 57.5 Å². The van der Waals surface area contributed by atoms with Crippen molar-refractivity contribution in [2.75, 3.05) is 19.0 Å². The molecule has 1 heterocycles. The van der Waals surface area contributed by atoms with Crippen LogP contribution in [0, 0.1) is 6.92 Å². The molecule has 0 aliphatic rings. The van der Waals surface area contributed by atoms with Crippen molar-refractivity contribution in [1.29, 1.82) is 0 Å². The lowest BCUT2D eigenvalue weighted by molar-refractivity contribution is -0.118. The number of hydrogen-bond donors (Lipinski definition) is 2. The first-order valence-electron chi connectivity index (χ1n) is 9.01. The number of ether oxygens (including phenoxy) is 2. The summed E-state index contributed by atoms with van der Waals surface area (Å²) in [5.74, 6) is 1.62. The Balaban J connectivity index is 1.51. The fourth-order valence-corrected chi connectivity index (χ4v) is 2.92. The van der Waals surface area contributed by atoms with Gasteiger partial charge in [-0.25, -0.2) is 0 Å². The first kappa shape index (κ1) is 20.9. The highest BCUT2D eigenvalue weighted by atomic mass is 79.9. The Morgan fingerprint density at radius 3 is 2.59 bits per heavy atom. The summed E-state index contributed by atoms with van der Waals surface area (Å²) in [6, 6.07) is 14.8. The fourth-order valence-electron chi connectivity index (χ4n) is 2.65. The summed E-state index contributed by atoms with van der Waals surface area (Å²) in [6.45, 7) is 2.98. The molecule has 0 fully saturated rings. The van der Waals surface area contributed by atoms with Gasteiger partial charge in [-0.1, -0.05) is 27.2 Å². The van der Waals surface area contributed by atoms with Crippen LogP contribution >= 0.6 is 15.9 Å². The molecular formula is C21H22BrN3O4. The summed E-state index contributed by atoms with van der Waals surface area (Å²) in [7, 11) is 1.57. The molecule has 0 atom stereocenters. The molecule has 0 unspecified atom stereocenters. The van der Waals surface area contributed by atoms with Crippen LogP contribution in [0.1, 0.15) is 17.0 Å². The van der Waals surface area contributed by atoms with Crippen molar-refractivity contribution < 1.29 is 18.8 Å². The number of halogens is 1. The Labute approximate surface area is 177 Å². The molecule has 3 aromatic rings. The summed E-state index contributed by atoms with van der Waals surface area (Å²) >= 11 is 3.36. The number of aromatic nitrogens is 1. The number of nitrogens with one attached hydrogen (secondary N) is 2. The molecule has 152 valence electrons. The fraction of sp³-hybridized carbons (Fsp3) is 0.238. The third-order valence-corrected chi connectivity index (χ3v) is 4.56. The number of aryl methyl sites for hydroxylation is 1. The van der Waals surface area contributed by atoms with Crippen molar-refractivity contribution >= 4 is 27.5 Å². The Kier molecular flexibility index (Phi) is 7.26. The van der Waals surface area contributed by atoms with Gasteiger partial charge in [0.25, 0.3) is 5.91 Å². The zero-order chi connectivity index (χ0) is 20.6. The molecule has 29 heavy (non-hydrogen) atoms. The number of nitrogens with zero attached hydrogens (tertiary/aromatic N) is 1. The van der Waals surface area contributed by atoms with E-state index in [0.29, 0.717) is 30.3 Å². The number of carbonyl (C=O) groups is 1. The quantitative estimate of drug-likeness (QED) is 0.501. The van der Waals surface area contributed by atoms with Crippen LogP contribution < -0.4 is 20.1 Å². The van der Waals surface area contributed by atoms with Crippen molar-refractivity contribution in [1.82, 2.24) is 10.5 Å². The van der Waals surface area contributed by atoms with Crippen molar-refractivity contribution in [2.24, 2.45) is 0 Å². The minimum Gasteiger partial charge on any atom is -0.493 e. The molecule has 1 amide bonds. The van der Waals surface area contributed by atoms with E-state index in [2.05, 4.69) is 31.7 Å². The molecule has 0 saturated heterocycles. The van der Waals surface area contributed by atoms with Crippen LogP contribution in [0.3, 0.4) is 0 Å². The molecule has 3 rings (SSSR count). The SMILES string of the molecule is COc1cc(CNCc2cc(C)on2)ccc1OCC(=O)Nc1ccc(Br)cc1. The molecule has 2 aromatic carbocycles. The zero-order valence-electron chi connectivity index (χ0n) is 16.2. The number of benzene rings is 2. The van der Waals surface area contributed by atoms with Crippen LogP contribution in [0.5, 0.6) is 11.5 Å². The zero-order valence-corrected chi connectivity index (χ0v) is 17.8. The van der Waals surface area contributed by atoms with E-state index >= 15 is 0 Å². The van der Waals surface area contributed by atoms with Crippen molar-refractivity contribution in [3.63, 3.8) is 0 Å². The summed E-state index contributed by atoms with van der Waals surface area (Å²) in [5.41, 5.74) is 2.58. The number of carbonyl (C=O) groups excluding carboxylic acids is 1. The summed E-state index contributed by atoms with van der Waals surface area (Å²) in [6.07, 6.45) is 0. The van der Waals surface area contributed by atoms with Gasteiger partial charge in [0.1, 0.15) is 5.76 Å². The number of anilines is 1. The van der Waals surface area contributed by atoms with Gasteiger partial charge in [-0.15, -0.1) is 0 Å². The van der Waals surface area contributed by atoms with Crippen molar-refractivity contribution in [3.8, 4) is 11.5 Å². The molecule has 0 saturated carbocycles. The molecule has 0 radical (unpaired) electrons. The molecule has 8 heteroatoms. The predicted molar refractivity (Wildman–Crippen MR) is 113 cm³/mol. The smallest absolute Gasteiger partial charge is 0.262 e. The van der Waals surface area contributed by atoms with E-state index in [-0.39, 0.29) is 12.5 Å². The normalized spacial score (nSPS) is 10.6. The Morgan fingerprint density at radius 1 is 1.10 bits per heavy atom. The number of hydrogen-bond acceptors (Lipinski definition) is 6. The number of methoxy groups -OCH3 is 1. The van der Waals surface area contributed by atoms with Gasteiger partial charge in [-0.3, -0.25) is 4.79 Å². The van der Waals surface area contributed by atoms with Crippen molar-refractivity contribution in [3.05, 3.63) is 70.0 Å². The minimum atomic E-state index is -0.247. The van der Waals surface area contributed by atoms with Gasteiger partial charge in [0, 0.05) is 29.3 Å². The van der Waals surface area contributed by atoms with E-state index in [1.54, 1.807) is 13.2 Å².